The highest BCUT2D eigenvalue weighted by Crippen LogP contribution is 2.17. The number of rotatable bonds is 7. The van der Waals surface area contributed by atoms with Gasteiger partial charge in [0.15, 0.2) is 5.96 Å². The molecule has 0 bridgehead atoms. The Balaban J connectivity index is 1.87. The molecule has 1 N–H and O–H groups in total. The molecule has 24 heavy (non-hydrogen) atoms. The van der Waals surface area contributed by atoms with Crippen molar-refractivity contribution in [3.05, 3.63) is 29.3 Å². The summed E-state index contributed by atoms with van der Waals surface area (Å²) in [6.45, 7) is 8.21. The van der Waals surface area contributed by atoms with E-state index < -0.39 is 0 Å². The molecule has 5 nitrogen and oxygen atoms in total. The number of nitrogens with zero attached hydrogens (tertiary/aromatic N) is 2. The number of halogens is 1. The number of hydrogen-bond donors (Lipinski definition) is 1. The lowest BCUT2D eigenvalue weighted by Crippen LogP contribution is -2.42. The fourth-order valence-corrected chi connectivity index (χ4v) is 2.79. The molecule has 0 saturated carbocycles. The van der Waals surface area contributed by atoms with Crippen LogP contribution in [0.4, 0.5) is 0 Å². The quantitative estimate of drug-likeness (QED) is 0.604. The number of guanidine groups is 1. The van der Waals surface area contributed by atoms with Gasteiger partial charge in [-0.15, -0.1) is 0 Å². The summed E-state index contributed by atoms with van der Waals surface area (Å²) in [6.07, 6.45) is 1.11. The van der Waals surface area contributed by atoms with Crippen molar-refractivity contribution in [1.29, 1.82) is 0 Å². The van der Waals surface area contributed by atoms with Crippen molar-refractivity contribution in [3.8, 4) is 5.75 Å². The highest BCUT2D eigenvalue weighted by molar-refractivity contribution is 6.30. The summed E-state index contributed by atoms with van der Waals surface area (Å²) in [5.41, 5.74) is 0. The van der Waals surface area contributed by atoms with Crippen LogP contribution in [-0.4, -0.2) is 56.9 Å². The Labute approximate surface area is 150 Å². The molecule has 1 aliphatic heterocycles. The van der Waals surface area contributed by atoms with E-state index in [0.29, 0.717) is 17.5 Å². The molecule has 1 aromatic rings. The number of hydrogen-bond acceptors (Lipinski definition) is 3. The van der Waals surface area contributed by atoms with E-state index in [4.69, 9.17) is 26.1 Å². The minimum atomic E-state index is -0.0111. The van der Waals surface area contributed by atoms with Gasteiger partial charge in [0.05, 0.1) is 13.2 Å². The summed E-state index contributed by atoms with van der Waals surface area (Å²) < 4.78 is 11.3. The number of ether oxygens (including phenoxy) is 2. The molecule has 1 fully saturated rings. The van der Waals surface area contributed by atoms with E-state index in [1.807, 2.05) is 31.2 Å². The molecular formula is C18H28ClN3O2. The molecule has 0 amide bonds. The second-order valence-electron chi connectivity index (χ2n) is 6.19. The monoisotopic (exact) mass is 353 g/mol. The highest BCUT2D eigenvalue weighted by atomic mass is 35.5. The topological polar surface area (TPSA) is 46.1 Å². The van der Waals surface area contributed by atoms with Crippen molar-refractivity contribution < 1.29 is 9.47 Å². The average molecular weight is 354 g/mol. The fraction of sp³-hybridized carbons (Fsp3) is 0.611. The Bertz CT molecular complexity index is 516. The first kappa shape index (κ1) is 18.9. The Morgan fingerprint density at radius 1 is 1.46 bits per heavy atom. The highest BCUT2D eigenvalue weighted by Gasteiger charge is 2.19. The summed E-state index contributed by atoms with van der Waals surface area (Å²) in [6, 6.07) is 7.41. The van der Waals surface area contributed by atoms with E-state index in [9.17, 15) is 0 Å². The number of nitrogens with one attached hydrogen (secondary N) is 1. The third kappa shape index (κ3) is 6.21. The SMILES string of the molecule is CCNC(=NCC(C)Oc1ccc(Cl)cc1)N(C)CC1CCOC1. The molecule has 1 heterocycles. The molecule has 6 heteroatoms. The van der Waals surface area contributed by atoms with E-state index in [2.05, 4.69) is 24.2 Å². The van der Waals surface area contributed by atoms with E-state index in [-0.39, 0.29) is 6.10 Å². The zero-order valence-corrected chi connectivity index (χ0v) is 15.6. The van der Waals surface area contributed by atoms with Crippen molar-refractivity contribution in [2.24, 2.45) is 10.9 Å². The Morgan fingerprint density at radius 3 is 2.83 bits per heavy atom. The maximum Gasteiger partial charge on any atom is 0.193 e. The van der Waals surface area contributed by atoms with E-state index in [1.54, 1.807) is 0 Å². The smallest absolute Gasteiger partial charge is 0.193 e. The van der Waals surface area contributed by atoms with Gasteiger partial charge in [-0.05, 0) is 44.5 Å². The Hall–Kier alpha value is -1.46. The van der Waals surface area contributed by atoms with E-state index in [1.165, 1.54) is 0 Å². The predicted octanol–water partition coefficient (Wildman–Crippen LogP) is 3.04. The molecule has 1 saturated heterocycles. The van der Waals surface area contributed by atoms with Gasteiger partial charge in [0.1, 0.15) is 11.9 Å². The summed E-state index contributed by atoms with van der Waals surface area (Å²) in [5.74, 6) is 2.31. The molecule has 2 unspecified atom stereocenters. The summed E-state index contributed by atoms with van der Waals surface area (Å²) in [5, 5.41) is 4.05. The van der Waals surface area contributed by atoms with Crippen LogP contribution in [0.1, 0.15) is 20.3 Å². The van der Waals surface area contributed by atoms with Gasteiger partial charge in [0.25, 0.3) is 0 Å². The van der Waals surface area contributed by atoms with Gasteiger partial charge < -0.3 is 19.7 Å². The molecule has 0 spiro atoms. The molecule has 1 aromatic carbocycles. The lowest BCUT2D eigenvalue weighted by atomic mass is 10.1. The molecule has 0 aromatic heterocycles. The summed E-state index contributed by atoms with van der Waals surface area (Å²) in [7, 11) is 2.07. The van der Waals surface area contributed by atoms with Crippen molar-refractivity contribution in [3.63, 3.8) is 0 Å². The molecule has 0 aliphatic carbocycles. The number of aliphatic imine (C=N–C) groups is 1. The summed E-state index contributed by atoms with van der Waals surface area (Å²) >= 11 is 5.89. The summed E-state index contributed by atoms with van der Waals surface area (Å²) in [4.78, 5) is 6.89. The Morgan fingerprint density at radius 2 is 2.21 bits per heavy atom. The van der Waals surface area contributed by atoms with Gasteiger partial charge in [-0.25, -0.2) is 4.99 Å². The van der Waals surface area contributed by atoms with Crippen LogP contribution < -0.4 is 10.1 Å². The first-order valence-electron chi connectivity index (χ1n) is 8.58. The fourth-order valence-electron chi connectivity index (χ4n) is 2.67. The lowest BCUT2D eigenvalue weighted by molar-refractivity contribution is 0.181. The molecular weight excluding hydrogens is 326 g/mol. The molecule has 2 atom stereocenters. The normalized spacial score (nSPS) is 19.2. The average Bonchev–Trinajstić information content (AvgIpc) is 3.06. The largest absolute Gasteiger partial charge is 0.489 e. The molecule has 2 rings (SSSR count). The predicted molar refractivity (Wildman–Crippen MR) is 99.1 cm³/mol. The zero-order valence-electron chi connectivity index (χ0n) is 14.8. The minimum absolute atomic E-state index is 0.0111. The maximum atomic E-state index is 5.89. The van der Waals surface area contributed by atoms with Crippen LogP contribution >= 0.6 is 11.6 Å². The van der Waals surface area contributed by atoms with Crippen LogP contribution in [0.2, 0.25) is 5.02 Å². The van der Waals surface area contributed by atoms with Crippen LogP contribution in [0.15, 0.2) is 29.3 Å². The van der Waals surface area contributed by atoms with Gasteiger partial charge in [-0.1, -0.05) is 11.6 Å². The first-order valence-corrected chi connectivity index (χ1v) is 8.95. The standard InChI is InChI=1S/C18H28ClN3O2/c1-4-20-18(22(3)12-15-9-10-23-13-15)21-11-14(2)24-17-7-5-16(19)6-8-17/h5-8,14-15H,4,9-13H2,1-3H3,(H,20,21). The second-order valence-corrected chi connectivity index (χ2v) is 6.62. The van der Waals surface area contributed by atoms with Crippen LogP contribution in [-0.2, 0) is 4.74 Å². The molecule has 1 aliphatic rings. The van der Waals surface area contributed by atoms with Crippen LogP contribution in [0.5, 0.6) is 5.75 Å². The minimum Gasteiger partial charge on any atom is -0.489 e. The molecule has 134 valence electrons. The second kappa shape index (κ2) is 9.74. The van der Waals surface area contributed by atoms with Crippen LogP contribution in [0, 0.1) is 5.92 Å². The van der Waals surface area contributed by atoms with Gasteiger partial charge in [0, 0.05) is 37.7 Å². The first-order chi connectivity index (χ1) is 11.6. The number of benzene rings is 1. The van der Waals surface area contributed by atoms with Gasteiger partial charge in [-0.2, -0.15) is 0 Å². The van der Waals surface area contributed by atoms with Crippen LogP contribution in [0.3, 0.4) is 0 Å². The molecule has 0 radical (unpaired) electrons. The van der Waals surface area contributed by atoms with Crippen molar-refractivity contribution in [1.82, 2.24) is 10.2 Å². The third-order valence-corrected chi connectivity index (χ3v) is 4.15. The Kier molecular flexibility index (Phi) is 7.66. The third-order valence-electron chi connectivity index (χ3n) is 3.90. The lowest BCUT2D eigenvalue weighted by Gasteiger charge is -2.25. The van der Waals surface area contributed by atoms with Crippen molar-refractivity contribution >= 4 is 17.6 Å². The van der Waals surface area contributed by atoms with Crippen molar-refractivity contribution in [2.45, 2.75) is 26.4 Å². The zero-order chi connectivity index (χ0) is 17.4. The van der Waals surface area contributed by atoms with Gasteiger partial charge in [0.2, 0.25) is 0 Å². The van der Waals surface area contributed by atoms with Gasteiger partial charge >= 0.3 is 0 Å². The van der Waals surface area contributed by atoms with E-state index in [0.717, 1.165) is 44.4 Å². The maximum absolute atomic E-state index is 5.89. The van der Waals surface area contributed by atoms with E-state index >= 15 is 0 Å². The van der Waals surface area contributed by atoms with Crippen molar-refractivity contribution in [2.75, 3.05) is 39.9 Å². The van der Waals surface area contributed by atoms with Crippen LogP contribution in [0.25, 0.3) is 0 Å². The van der Waals surface area contributed by atoms with Gasteiger partial charge in [-0.3, -0.25) is 0 Å².